The van der Waals surface area contributed by atoms with Gasteiger partial charge in [0.1, 0.15) is 11.5 Å². The summed E-state index contributed by atoms with van der Waals surface area (Å²) in [5.41, 5.74) is 1.15. The van der Waals surface area contributed by atoms with Crippen LogP contribution >= 0.6 is 0 Å². The molecular formula is C16H26N2O2. The van der Waals surface area contributed by atoms with E-state index in [-0.39, 0.29) is 6.04 Å². The van der Waals surface area contributed by atoms with Crippen LogP contribution in [0.4, 0.5) is 0 Å². The average molecular weight is 278 g/mol. The minimum atomic E-state index is 0.241. The van der Waals surface area contributed by atoms with Crippen molar-refractivity contribution in [1.29, 1.82) is 0 Å². The highest BCUT2D eigenvalue weighted by Crippen LogP contribution is 2.31. The number of hydrogen-bond donors (Lipinski definition) is 1. The van der Waals surface area contributed by atoms with Crippen LogP contribution in [-0.2, 0) is 0 Å². The van der Waals surface area contributed by atoms with Gasteiger partial charge in [0.25, 0.3) is 0 Å². The summed E-state index contributed by atoms with van der Waals surface area (Å²) in [6, 6.07) is 6.95. The first-order valence-electron chi connectivity index (χ1n) is 7.29. The maximum Gasteiger partial charge on any atom is 0.123 e. The number of nitrogens with zero attached hydrogens (tertiary/aromatic N) is 1. The molecule has 0 radical (unpaired) electrons. The monoisotopic (exact) mass is 278 g/mol. The Bertz CT molecular complexity index is 432. The molecule has 1 aromatic rings. The van der Waals surface area contributed by atoms with Crippen LogP contribution in [0, 0.1) is 0 Å². The van der Waals surface area contributed by atoms with Gasteiger partial charge in [-0.15, -0.1) is 0 Å². The third-order valence-electron chi connectivity index (χ3n) is 4.33. The largest absolute Gasteiger partial charge is 0.497 e. The third kappa shape index (κ3) is 3.25. The molecule has 2 rings (SSSR count). The van der Waals surface area contributed by atoms with Crippen LogP contribution < -0.4 is 14.8 Å². The Morgan fingerprint density at radius 2 is 2.05 bits per heavy atom. The van der Waals surface area contributed by atoms with E-state index in [2.05, 4.69) is 23.3 Å². The zero-order chi connectivity index (χ0) is 14.5. The van der Waals surface area contributed by atoms with Crippen LogP contribution in [0.2, 0.25) is 0 Å². The maximum atomic E-state index is 5.50. The zero-order valence-corrected chi connectivity index (χ0v) is 13.0. The number of methoxy groups -OCH3 is 2. The van der Waals surface area contributed by atoms with Crippen molar-refractivity contribution >= 4 is 0 Å². The van der Waals surface area contributed by atoms with Gasteiger partial charge >= 0.3 is 0 Å². The minimum Gasteiger partial charge on any atom is -0.497 e. The molecule has 1 N–H and O–H groups in total. The van der Waals surface area contributed by atoms with Gasteiger partial charge in [-0.05, 0) is 45.1 Å². The van der Waals surface area contributed by atoms with Gasteiger partial charge in [0.15, 0.2) is 0 Å². The number of rotatable bonds is 7. The number of benzene rings is 1. The summed E-state index contributed by atoms with van der Waals surface area (Å²) < 4.78 is 10.8. The fraction of sp³-hybridized carbons (Fsp3) is 0.625. The first-order valence-corrected chi connectivity index (χ1v) is 7.29. The van der Waals surface area contributed by atoms with E-state index in [1.165, 1.54) is 19.3 Å². The molecule has 1 unspecified atom stereocenters. The normalized spacial score (nSPS) is 16.9. The smallest absolute Gasteiger partial charge is 0.123 e. The van der Waals surface area contributed by atoms with E-state index in [0.29, 0.717) is 0 Å². The number of hydrogen-bond acceptors (Lipinski definition) is 4. The molecule has 1 fully saturated rings. The van der Waals surface area contributed by atoms with E-state index >= 15 is 0 Å². The van der Waals surface area contributed by atoms with Crippen molar-refractivity contribution < 1.29 is 9.47 Å². The average Bonchev–Trinajstić information content (AvgIpc) is 2.42. The molecule has 20 heavy (non-hydrogen) atoms. The molecule has 1 aliphatic carbocycles. The highest BCUT2D eigenvalue weighted by molar-refractivity contribution is 5.42. The molecule has 0 aliphatic heterocycles. The van der Waals surface area contributed by atoms with Crippen molar-refractivity contribution in [2.24, 2.45) is 0 Å². The highest BCUT2D eigenvalue weighted by Gasteiger charge is 2.25. The molecule has 0 heterocycles. The van der Waals surface area contributed by atoms with E-state index in [1.807, 2.05) is 19.2 Å². The highest BCUT2D eigenvalue weighted by atomic mass is 16.5. The van der Waals surface area contributed by atoms with Gasteiger partial charge in [-0.1, -0.05) is 6.42 Å². The summed E-state index contributed by atoms with van der Waals surface area (Å²) in [6.07, 6.45) is 4.01. The van der Waals surface area contributed by atoms with Crippen molar-refractivity contribution in [3.05, 3.63) is 23.8 Å². The van der Waals surface area contributed by atoms with Gasteiger partial charge in [-0.2, -0.15) is 0 Å². The van der Waals surface area contributed by atoms with Crippen molar-refractivity contribution in [3.8, 4) is 11.5 Å². The molecule has 0 amide bonds. The molecule has 4 heteroatoms. The predicted octanol–water partition coefficient (Wildman–Crippen LogP) is 2.45. The lowest BCUT2D eigenvalue weighted by atomic mass is 9.91. The second-order valence-electron chi connectivity index (χ2n) is 5.47. The Hall–Kier alpha value is -1.26. The molecule has 1 aliphatic rings. The summed E-state index contributed by atoms with van der Waals surface area (Å²) in [4.78, 5) is 2.45. The van der Waals surface area contributed by atoms with Gasteiger partial charge in [-0.25, -0.2) is 0 Å². The SMILES string of the molecule is CNC(CN(C)C1CCC1)c1cc(OC)ccc1OC. The summed E-state index contributed by atoms with van der Waals surface area (Å²) in [6.45, 7) is 0.977. The summed E-state index contributed by atoms with van der Waals surface area (Å²) in [5, 5.41) is 3.40. The van der Waals surface area contributed by atoms with Gasteiger partial charge in [0.2, 0.25) is 0 Å². The van der Waals surface area contributed by atoms with Crippen molar-refractivity contribution in [1.82, 2.24) is 10.2 Å². The van der Waals surface area contributed by atoms with Crippen LogP contribution in [-0.4, -0.2) is 45.8 Å². The molecule has 0 bridgehead atoms. The number of likely N-dealkylation sites (N-methyl/N-ethyl adjacent to an activating group) is 2. The molecule has 0 saturated heterocycles. The summed E-state index contributed by atoms with van der Waals surface area (Å²) >= 11 is 0. The lowest BCUT2D eigenvalue weighted by Crippen LogP contribution is -2.41. The molecular weight excluding hydrogens is 252 g/mol. The van der Waals surface area contributed by atoms with Crippen LogP contribution in [0.15, 0.2) is 18.2 Å². The molecule has 1 atom stereocenters. The van der Waals surface area contributed by atoms with Crippen LogP contribution in [0.25, 0.3) is 0 Å². The van der Waals surface area contributed by atoms with E-state index in [0.717, 1.165) is 29.6 Å². The van der Waals surface area contributed by atoms with Crippen molar-refractivity contribution in [2.45, 2.75) is 31.3 Å². The summed E-state index contributed by atoms with van der Waals surface area (Å²) in [5.74, 6) is 1.78. The number of ether oxygens (including phenoxy) is 2. The Labute approximate surface area is 122 Å². The van der Waals surface area contributed by atoms with E-state index in [1.54, 1.807) is 14.2 Å². The molecule has 0 spiro atoms. The fourth-order valence-corrected chi connectivity index (χ4v) is 2.72. The van der Waals surface area contributed by atoms with Crippen LogP contribution in [0.5, 0.6) is 11.5 Å². The van der Waals surface area contributed by atoms with Gasteiger partial charge in [0.05, 0.1) is 14.2 Å². The minimum absolute atomic E-state index is 0.241. The van der Waals surface area contributed by atoms with Crippen LogP contribution in [0.1, 0.15) is 30.9 Å². The molecule has 0 aromatic heterocycles. The summed E-state index contributed by atoms with van der Waals surface area (Å²) in [7, 11) is 7.62. The number of nitrogens with one attached hydrogen (secondary N) is 1. The standard InChI is InChI=1S/C16H26N2O2/c1-17-15(11-18(2)12-6-5-7-12)14-10-13(19-3)8-9-16(14)20-4/h8-10,12,15,17H,5-7,11H2,1-4H3. The topological polar surface area (TPSA) is 33.7 Å². The molecule has 1 aromatic carbocycles. The lowest BCUT2D eigenvalue weighted by Gasteiger charge is -2.37. The Balaban J connectivity index is 2.16. The second kappa shape index (κ2) is 6.95. The zero-order valence-electron chi connectivity index (χ0n) is 13.0. The Morgan fingerprint density at radius 1 is 1.30 bits per heavy atom. The molecule has 1 saturated carbocycles. The second-order valence-corrected chi connectivity index (χ2v) is 5.47. The predicted molar refractivity (Wildman–Crippen MR) is 81.6 cm³/mol. The van der Waals surface area contributed by atoms with Gasteiger partial charge < -0.3 is 19.7 Å². The van der Waals surface area contributed by atoms with E-state index < -0.39 is 0 Å². The fourth-order valence-electron chi connectivity index (χ4n) is 2.72. The third-order valence-corrected chi connectivity index (χ3v) is 4.33. The first kappa shape index (κ1) is 15.1. The van der Waals surface area contributed by atoms with Crippen molar-refractivity contribution in [3.63, 3.8) is 0 Å². The quantitative estimate of drug-likeness (QED) is 0.830. The Kier molecular flexibility index (Phi) is 5.26. The van der Waals surface area contributed by atoms with E-state index in [9.17, 15) is 0 Å². The first-order chi connectivity index (χ1) is 9.69. The van der Waals surface area contributed by atoms with Crippen molar-refractivity contribution in [2.75, 3.05) is 34.9 Å². The van der Waals surface area contributed by atoms with E-state index in [4.69, 9.17) is 9.47 Å². The molecule has 4 nitrogen and oxygen atoms in total. The molecule has 112 valence electrons. The lowest BCUT2D eigenvalue weighted by molar-refractivity contribution is 0.146. The van der Waals surface area contributed by atoms with Gasteiger partial charge in [-0.3, -0.25) is 0 Å². The van der Waals surface area contributed by atoms with Crippen LogP contribution in [0.3, 0.4) is 0 Å². The Morgan fingerprint density at radius 3 is 2.55 bits per heavy atom. The van der Waals surface area contributed by atoms with Gasteiger partial charge in [0, 0.05) is 24.2 Å². The maximum absolute atomic E-state index is 5.50.